The van der Waals surface area contributed by atoms with Gasteiger partial charge in [-0.2, -0.15) is 13.2 Å². The van der Waals surface area contributed by atoms with Crippen LogP contribution in [0.4, 0.5) is 13.2 Å². The predicted octanol–water partition coefficient (Wildman–Crippen LogP) is 4.51. The van der Waals surface area contributed by atoms with Crippen LogP contribution in [0.15, 0.2) is 6.20 Å². The maximum Gasteiger partial charge on any atom is 0.443 e. The van der Waals surface area contributed by atoms with E-state index >= 15 is 0 Å². The van der Waals surface area contributed by atoms with Crippen LogP contribution in [0.25, 0.3) is 0 Å². The Labute approximate surface area is 105 Å². The van der Waals surface area contributed by atoms with Gasteiger partial charge in [0.05, 0.1) is 0 Å². The van der Waals surface area contributed by atoms with Crippen molar-refractivity contribution in [1.29, 1.82) is 0 Å². The minimum Gasteiger partial charge on any atom is -0.240 e. The van der Waals surface area contributed by atoms with Gasteiger partial charge in [0.1, 0.15) is 0 Å². The summed E-state index contributed by atoms with van der Waals surface area (Å²) in [7, 11) is 0. The number of aryl methyl sites for hydroxylation is 1. The molecule has 16 heavy (non-hydrogen) atoms. The molecular weight excluding hydrogens is 303 g/mol. The fourth-order valence-corrected chi connectivity index (χ4v) is 2.19. The van der Waals surface area contributed by atoms with Gasteiger partial charge in [-0.3, -0.25) is 0 Å². The summed E-state index contributed by atoms with van der Waals surface area (Å²) in [4.78, 5) is 4.42. The summed E-state index contributed by atoms with van der Waals surface area (Å²) in [5.41, 5.74) is 0. The van der Waals surface area contributed by atoms with Crippen molar-refractivity contribution in [1.82, 2.24) is 4.98 Å². The number of hydrogen-bond donors (Lipinski definition) is 0. The zero-order valence-corrected chi connectivity index (χ0v) is 11.4. The fraction of sp³-hybridized carbons (Fsp3) is 0.700. The third-order valence-electron chi connectivity index (χ3n) is 2.19. The first kappa shape index (κ1) is 14.0. The van der Waals surface area contributed by atoms with Crippen LogP contribution in [0, 0.1) is 5.92 Å². The predicted molar refractivity (Wildman–Crippen MR) is 63.0 cm³/mol. The molecule has 1 rings (SSSR count). The molecule has 0 saturated heterocycles. The Bertz CT molecular complexity index is 335. The van der Waals surface area contributed by atoms with Crippen LogP contribution in [0.1, 0.15) is 30.2 Å². The van der Waals surface area contributed by atoms with Crippen LogP contribution in [-0.2, 0) is 12.6 Å². The molecule has 1 nitrogen and oxygen atoms in total. The van der Waals surface area contributed by atoms with Crippen molar-refractivity contribution >= 4 is 27.3 Å². The van der Waals surface area contributed by atoms with Crippen molar-refractivity contribution in [3.05, 3.63) is 16.1 Å². The summed E-state index contributed by atoms with van der Waals surface area (Å²) < 4.78 is 36.8. The van der Waals surface area contributed by atoms with E-state index in [2.05, 4.69) is 34.8 Å². The van der Waals surface area contributed by atoms with Gasteiger partial charge < -0.3 is 0 Å². The molecular formula is C10H13BrF3NS. The molecule has 0 aromatic carbocycles. The number of halogens is 4. The third kappa shape index (κ3) is 4.05. The van der Waals surface area contributed by atoms with E-state index in [0.717, 1.165) is 17.8 Å². The molecule has 0 aliphatic carbocycles. The van der Waals surface area contributed by atoms with Crippen LogP contribution in [0.3, 0.4) is 0 Å². The summed E-state index contributed by atoms with van der Waals surface area (Å²) >= 11 is 4.24. The molecule has 0 radical (unpaired) electrons. The van der Waals surface area contributed by atoms with Gasteiger partial charge in [-0.25, -0.2) is 4.98 Å². The molecule has 0 amide bonds. The Hall–Kier alpha value is -0.100. The molecule has 1 unspecified atom stereocenters. The lowest BCUT2D eigenvalue weighted by Crippen LogP contribution is -2.07. The van der Waals surface area contributed by atoms with E-state index in [1.807, 2.05) is 0 Å². The topological polar surface area (TPSA) is 12.9 Å². The summed E-state index contributed by atoms with van der Waals surface area (Å²) in [5, 5.41) is -0.752. The third-order valence-corrected chi connectivity index (χ3v) is 4.80. The maximum atomic E-state index is 12.3. The zero-order valence-electron chi connectivity index (χ0n) is 9.01. The van der Waals surface area contributed by atoms with Gasteiger partial charge in [0.25, 0.3) is 0 Å². The highest BCUT2D eigenvalue weighted by molar-refractivity contribution is 9.09. The molecule has 0 saturated carbocycles. The summed E-state index contributed by atoms with van der Waals surface area (Å²) in [6, 6.07) is 0. The molecule has 6 heteroatoms. The van der Waals surface area contributed by atoms with Crippen molar-refractivity contribution in [2.24, 2.45) is 5.92 Å². The number of hydrogen-bond acceptors (Lipinski definition) is 2. The highest BCUT2D eigenvalue weighted by Crippen LogP contribution is 2.33. The van der Waals surface area contributed by atoms with Crippen molar-refractivity contribution in [2.75, 3.05) is 0 Å². The van der Waals surface area contributed by atoms with E-state index in [-0.39, 0.29) is 0 Å². The average molecular weight is 316 g/mol. The molecule has 0 N–H and O–H groups in total. The first-order valence-corrected chi connectivity index (χ1v) is 6.70. The summed E-state index contributed by atoms with van der Waals surface area (Å²) in [6.07, 6.45) is -1.51. The Morgan fingerprint density at radius 1 is 1.44 bits per heavy atom. The normalized spacial score (nSPS) is 14.4. The fourth-order valence-electron chi connectivity index (χ4n) is 1.17. The smallest absolute Gasteiger partial charge is 0.240 e. The largest absolute Gasteiger partial charge is 0.443 e. The van der Waals surface area contributed by atoms with E-state index in [0.29, 0.717) is 22.0 Å². The van der Waals surface area contributed by atoms with Crippen LogP contribution >= 0.6 is 27.3 Å². The lowest BCUT2D eigenvalue weighted by atomic mass is 10.1. The van der Waals surface area contributed by atoms with Crippen LogP contribution in [0.5, 0.6) is 0 Å². The molecule has 1 heterocycles. The van der Waals surface area contributed by atoms with Crippen LogP contribution in [0.2, 0.25) is 0 Å². The lowest BCUT2D eigenvalue weighted by molar-refractivity contribution is -0.137. The number of rotatable bonds is 4. The van der Waals surface area contributed by atoms with Gasteiger partial charge in [0, 0.05) is 15.9 Å². The first-order valence-electron chi connectivity index (χ1n) is 4.96. The Balaban J connectivity index is 2.53. The highest BCUT2D eigenvalue weighted by Gasteiger charge is 2.34. The lowest BCUT2D eigenvalue weighted by Gasteiger charge is -2.12. The second-order valence-corrected chi connectivity index (χ2v) is 6.22. The van der Waals surface area contributed by atoms with Crippen LogP contribution in [-0.4, -0.2) is 9.81 Å². The number of aromatic nitrogens is 1. The Kier molecular flexibility index (Phi) is 4.79. The Morgan fingerprint density at radius 2 is 2.06 bits per heavy atom. The molecule has 0 aliphatic heterocycles. The van der Waals surface area contributed by atoms with Gasteiger partial charge in [0.2, 0.25) is 0 Å². The van der Waals surface area contributed by atoms with E-state index < -0.39 is 11.2 Å². The number of thiazole rings is 1. The second-order valence-electron chi connectivity index (χ2n) is 3.93. The molecule has 1 aromatic rings. The second kappa shape index (κ2) is 5.49. The minimum absolute atomic E-state index is 0.337. The SMILES string of the molecule is CC(C)C(Br)CCc1cnc(C(F)(F)F)s1. The van der Waals surface area contributed by atoms with E-state index in [1.165, 1.54) is 6.20 Å². The highest BCUT2D eigenvalue weighted by atomic mass is 79.9. The van der Waals surface area contributed by atoms with Crippen molar-refractivity contribution in [3.63, 3.8) is 0 Å². The van der Waals surface area contributed by atoms with Gasteiger partial charge in [-0.1, -0.05) is 29.8 Å². The average Bonchev–Trinajstić information content (AvgIpc) is 2.61. The van der Waals surface area contributed by atoms with Gasteiger partial charge in [-0.05, 0) is 18.8 Å². The van der Waals surface area contributed by atoms with Crippen LogP contribution < -0.4 is 0 Å². The van der Waals surface area contributed by atoms with Crippen molar-refractivity contribution in [2.45, 2.75) is 37.7 Å². The maximum absolute atomic E-state index is 12.3. The standard InChI is InChI=1S/C10H13BrF3NS/c1-6(2)8(11)4-3-7-5-15-9(16-7)10(12,13)14/h5-6,8H,3-4H2,1-2H3. The quantitative estimate of drug-likeness (QED) is 0.745. The molecule has 92 valence electrons. The molecule has 1 atom stereocenters. The molecule has 0 spiro atoms. The minimum atomic E-state index is -4.31. The number of nitrogens with zero attached hydrogens (tertiary/aromatic N) is 1. The van der Waals surface area contributed by atoms with Gasteiger partial charge in [0.15, 0.2) is 5.01 Å². The molecule has 0 bridgehead atoms. The van der Waals surface area contributed by atoms with E-state index in [9.17, 15) is 13.2 Å². The number of alkyl halides is 4. The molecule has 1 aromatic heterocycles. The van der Waals surface area contributed by atoms with E-state index in [4.69, 9.17) is 0 Å². The molecule has 0 aliphatic rings. The zero-order chi connectivity index (χ0) is 12.3. The molecule has 0 fully saturated rings. The summed E-state index contributed by atoms with van der Waals surface area (Å²) in [5.74, 6) is 0.481. The van der Waals surface area contributed by atoms with Gasteiger partial charge >= 0.3 is 6.18 Å². The van der Waals surface area contributed by atoms with Crippen molar-refractivity contribution < 1.29 is 13.2 Å². The monoisotopic (exact) mass is 315 g/mol. The van der Waals surface area contributed by atoms with Crippen molar-refractivity contribution in [3.8, 4) is 0 Å². The summed E-state index contributed by atoms with van der Waals surface area (Å²) in [6.45, 7) is 4.15. The van der Waals surface area contributed by atoms with E-state index in [1.54, 1.807) is 0 Å². The van der Waals surface area contributed by atoms with Gasteiger partial charge in [-0.15, -0.1) is 11.3 Å². The first-order chi connectivity index (χ1) is 7.30. The Morgan fingerprint density at radius 3 is 2.50 bits per heavy atom.